The first-order chi connectivity index (χ1) is 8.11. The molecule has 1 aliphatic rings. The van der Waals surface area contributed by atoms with E-state index in [2.05, 4.69) is 70.4 Å². The number of hydrogen-bond acceptors (Lipinski definition) is 3. The van der Waals surface area contributed by atoms with E-state index >= 15 is 0 Å². The molecule has 0 aromatic carbocycles. The molecule has 108 valence electrons. The Morgan fingerprint density at radius 1 is 1.28 bits per heavy atom. The maximum absolute atomic E-state index is 3.68. The third-order valence-corrected chi connectivity index (χ3v) is 4.83. The van der Waals surface area contributed by atoms with Crippen LogP contribution in [-0.2, 0) is 0 Å². The van der Waals surface area contributed by atoms with Gasteiger partial charge in [0, 0.05) is 41.7 Å². The zero-order valence-electron chi connectivity index (χ0n) is 13.3. The van der Waals surface area contributed by atoms with Crippen LogP contribution in [0.1, 0.15) is 48.5 Å². The van der Waals surface area contributed by atoms with Crippen LogP contribution in [0.25, 0.3) is 0 Å². The summed E-state index contributed by atoms with van der Waals surface area (Å²) in [6, 6.07) is 0.657. The molecule has 1 rings (SSSR count). The molecule has 0 aromatic rings. The van der Waals surface area contributed by atoms with E-state index in [-0.39, 0.29) is 5.54 Å². The molecule has 0 aromatic heterocycles. The van der Waals surface area contributed by atoms with Gasteiger partial charge in [-0.2, -0.15) is 11.8 Å². The van der Waals surface area contributed by atoms with Gasteiger partial charge in [-0.3, -0.25) is 4.90 Å². The average molecular weight is 273 g/mol. The Bertz CT molecular complexity index is 256. The van der Waals surface area contributed by atoms with Gasteiger partial charge in [0.2, 0.25) is 0 Å². The van der Waals surface area contributed by atoms with E-state index in [1.54, 1.807) is 0 Å². The first-order valence-corrected chi connectivity index (χ1v) is 8.22. The summed E-state index contributed by atoms with van der Waals surface area (Å²) in [5, 5.41) is 3.68. The number of nitrogens with one attached hydrogen (secondary N) is 1. The van der Waals surface area contributed by atoms with E-state index in [0.717, 1.165) is 6.54 Å². The van der Waals surface area contributed by atoms with Crippen LogP contribution in [0.4, 0.5) is 0 Å². The van der Waals surface area contributed by atoms with Crippen LogP contribution in [-0.4, -0.2) is 46.6 Å². The van der Waals surface area contributed by atoms with Crippen molar-refractivity contribution in [2.24, 2.45) is 5.92 Å². The molecule has 1 unspecified atom stereocenters. The summed E-state index contributed by atoms with van der Waals surface area (Å²) in [6.45, 7) is 19.8. The van der Waals surface area contributed by atoms with Crippen molar-refractivity contribution in [1.82, 2.24) is 10.2 Å². The number of thioether (sulfide) groups is 1. The van der Waals surface area contributed by atoms with Crippen molar-refractivity contribution in [2.45, 2.75) is 64.8 Å². The third kappa shape index (κ3) is 5.50. The Kier molecular flexibility index (Phi) is 5.58. The van der Waals surface area contributed by atoms with E-state index in [1.807, 2.05) is 0 Å². The van der Waals surface area contributed by atoms with Crippen molar-refractivity contribution in [1.29, 1.82) is 0 Å². The second-order valence-electron chi connectivity index (χ2n) is 7.52. The highest BCUT2D eigenvalue weighted by molar-refractivity contribution is 8.00. The topological polar surface area (TPSA) is 15.3 Å². The van der Waals surface area contributed by atoms with Gasteiger partial charge in [0.05, 0.1) is 0 Å². The lowest BCUT2D eigenvalue weighted by Gasteiger charge is -2.44. The van der Waals surface area contributed by atoms with Crippen molar-refractivity contribution < 1.29 is 0 Å². The molecule has 1 heterocycles. The van der Waals surface area contributed by atoms with Gasteiger partial charge < -0.3 is 5.32 Å². The fourth-order valence-electron chi connectivity index (χ4n) is 2.53. The fourth-order valence-corrected chi connectivity index (χ4v) is 3.67. The molecule has 0 bridgehead atoms. The Morgan fingerprint density at radius 2 is 1.89 bits per heavy atom. The standard InChI is InChI=1S/C15H32N2S/c1-12(2)13(10-16-14(3,4)5)17-8-9-18-15(6,7)11-17/h12-13,16H,8-11H2,1-7H3. The first-order valence-electron chi connectivity index (χ1n) is 7.24. The van der Waals surface area contributed by atoms with Gasteiger partial charge in [0.15, 0.2) is 0 Å². The van der Waals surface area contributed by atoms with Crippen LogP contribution >= 0.6 is 11.8 Å². The molecule has 2 nitrogen and oxygen atoms in total. The summed E-state index contributed by atoms with van der Waals surface area (Å²) in [4.78, 5) is 2.69. The largest absolute Gasteiger partial charge is 0.311 e. The third-order valence-electron chi connectivity index (χ3n) is 3.54. The molecule has 1 N–H and O–H groups in total. The molecular formula is C15H32N2S. The molecule has 1 saturated heterocycles. The summed E-state index contributed by atoms with van der Waals surface area (Å²) in [7, 11) is 0. The van der Waals surface area contributed by atoms with E-state index in [4.69, 9.17) is 0 Å². The van der Waals surface area contributed by atoms with Crippen LogP contribution in [0.3, 0.4) is 0 Å². The first kappa shape index (κ1) is 16.3. The minimum absolute atomic E-state index is 0.215. The molecule has 1 fully saturated rings. The molecule has 0 spiro atoms. The predicted molar refractivity (Wildman–Crippen MR) is 84.5 cm³/mol. The predicted octanol–water partition coefficient (Wildman–Crippen LogP) is 3.23. The maximum Gasteiger partial charge on any atom is 0.0244 e. The van der Waals surface area contributed by atoms with Crippen molar-refractivity contribution in [3.05, 3.63) is 0 Å². The van der Waals surface area contributed by atoms with Gasteiger partial charge >= 0.3 is 0 Å². The van der Waals surface area contributed by atoms with Gasteiger partial charge in [0.25, 0.3) is 0 Å². The average Bonchev–Trinajstić information content (AvgIpc) is 2.13. The Labute approximate surface area is 118 Å². The fraction of sp³-hybridized carbons (Fsp3) is 1.00. The quantitative estimate of drug-likeness (QED) is 0.846. The second kappa shape index (κ2) is 6.15. The van der Waals surface area contributed by atoms with E-state index < -0.39 is 0 Å². The Balaban J connectivity index is 2.61. The van der Waals surface area contributed by atoms with Crippen LogP contribution in [0.5, 0.6) is 0 Å². The summed E-state index contributed by atoms with van der Waals surface area (Å²) >= 11 is 2.11. The highest BCUT2D eigenvalue weighted by Crippen LogP contribution is 2.31. The van der Waals surface area contributed by atoms with Gasteiger partial charge in [-0.25, -0.2) is 0 Å². The highest BCUT2D eigenvalue weighted by atomic mass is 32.2. The summed E-state index contributed by atoms with van der Waals surface area (Å²) in [6.07, 6.45) is 0. The van der Waals surface area contributed by atoms with Crippen LogP contribution < -0.4 is 5.32 Å². The van der Waals surface area contributed by atoms with Crippen molar-refractivity contribution >= 4 is 11.8 Å². The molecule has 0 amide bonds. The number of hydrogen-bond donors (Lipinski definition) is 1. The van der Waals surface area contributed by atoms with E-state index in [0.29, 0.717) is 16.7 Å². The molecular weight excluding hydrogens is 240 g/mol. The normalized spacial score (nSPS) is 23.3. The summed E-state index contributed by atoms with van der Waals surface area (Å²) in [5.74, 6) is 1.98. The van der Waals surface area contributed by atoms with Gasteiger partial charge in [-0.15, -0.1) is 0 Å². The van der Waals surface area contributed by atoms with Gasteiger partial charge in [-0.05, 0) is 40.5 Å². The number of rotatable bonds is 4. The van der Waals surface area contributed by atoms with E-state index in [1.165, 1.54) is 18.8 Å². The molecule has 1 atom stereocenters. The van der Waals surface area contributed by atoms with Crippen LogP contribution in [0, 0.1) is 5.92 Å². The van der Waals surface area contributed by atoms with Crippen LogP contribution in [0.2, 0.25) is 0 Å². The van der Waals surface area contributed by atoms with Gasteiger partial charge in [0.1, 0.15) is 0 Å². The molecule has 3 heteroatoms. The maximum atomic E-state index is 3.68. The smallest absolute Gasteiger partial charge is 0.0244 e. The molecule has 0 saturated carbocycles. The lowest BCUT2D eigenvalue weighted by Crippen LogP contribution is -2.55. The lowest BCUT2D eigenvalue weighted by atomic mass is 9.99. The molecule has 0 aliphatic carbocycles. The zero-order valence-corrected chi connectivity index (χ0v) is 14.2. The van der Waals surface area contributed by atoms with Crippen molar-refractivity contribution in [3.63, 3.8) is 0 Å². The Morgan fingerprint density at radius 3 is 2.33 bits per heavy atom. The van der Waals surface area contributed by atoms with Crippen LogP contribution in [0.15, 0.2) is 0 Å². The highest BCUT2D eigenvalue weighted by Gasteiger charge is 2.32. The Hall–Kier alpha value is 0.270. The summed E-state index contributed by atoms with van der Waals surface area (Å²) < 4.78 is 0.410. The monoisotopic (exact) mass is 272 g/mol. The SMILES string of the molecule is CC(C)C(CNC(C)(C)C)N1CCSC(C)(C)C1. The van der Waals surface area contributed by atoms with Crippen molar-refractivity contribution in [2.75, 3.05) is 25.4 Å². The van der Waals surface area contributed by atoms with Gasteiger partial charge in [-0.1, -0.05) is 13.8 Å². The van der Waals surface area contributed by atoms with Crippen molar-refractivity contribution in [3.8, 4) is 0 Å². The zero-order chi connectivity index (χ0) is 14.0. The van der Waals surface area contributed by atoms with E-state index in [9.17, 15) is 0 Å². The minimum Gasteiger partial charge on any atom is -0.311 e. The lowest BCUT2D eigenvalue weighted by molar-refractivity contribution is 0.137. The minimum atomic E-state index is 0.215. The molecule has 18 heavy (non-hydrogen) atoms. The second-order valence-corrected chi connectivity index (χ2v) is 9.32. The molecule has 0 radical (unpaired) electrons. The summed E-state index contributed by atoms with van der Waals surface area (Å²) in [5.41, 5.74) is 0.215. The number of nitrogens with zero attached hydrogens (tertiary/aromatic N) is 1. The molecule has 1 aliphatic heterocycles.